The topological polar surface area (TPSA) is 157 Å². The van der Waals surface area contributed by atoms with Crippen molar-refractivity contribution in [2.24, 2.45) is 0 Å². The molecule has 1 fully saturated rings. The highest BCUT2D eigenvalue weighted by Crippen LogP contribution is 2.35. The molecule has 10 nitrogen and oxygen atoms in total. The van der Waals surface area contributed by atoms with Crippen LogP contribution in [0.4, 0.5) is 5.82 Å². The minimum atomic E-state index is -1.23. The SMILES string of the molecule is Cl.OC[C@H]1O[C@@H](c2[nH]nc3c(NO)ncnc23)[C@H](O)[C@@H]1O. The maximum atomic E-state index is 9.97. The molecule has 2 aromatic rings. The van der Waals surface area contributed by atoms with Gasteiger partial charge in [-0.1, -0.05) is 0 Å². The second kappa shape index (κ2) is 6.05. The zero-order valence-corrected chi connectivity index (χ0v) is 11.4. The number of aromatic amines is 1. The smallest absolute Gasteiger partial charge is 0.181 e. The van der Waals surface area contributed by atoms with E-state index in [4.69, 9.17) is 15.1 Å². The molecule has 3 heterocycles. The van der Waals surface area contributed by atoms with Crippen molar-refractivity contribution in [2.75, 3.05) is 12.1 Å². The highest BCUT2D eigenvalue weighted by molar-refractivity contribution is 5.86. The molecule has 11 heteroatoms. The van der Waals surface area contributed by atoms with Gasteiger partial charge in [0.2, 0.25) is 0 Å². The van der Waals surface area contributed by atoms with Gasteiger partial charge in [0.05, 0.1) is 12.3 Å². The monoisotopic (exact) mass is 319 g/mol. The summed E-state index contributed by atoms with van der Waals surface area (Å²) >= 11 is 0. The first-order valence-electron chi connectivity index (χ1n) is 5.89. The molecule has 1 aliphatic rings. The van der Waals surface area contributed by atoms with Crippen LogP contribution in [-0.2, 0) is 4.74 Å². The van der Waals surface area contributed by atoms with Gasteiger partial charge >= 0.3 is 0 Å². The van der Waals surface area contributed by atoms with E-state index in [1.165, 1.54) is 6.33 Å². The molecular formula is C10H14ClN5O5. The van der Waals surface area contributed by atoms with Gasteiger partial charge in [-0.25, -0.2) is 9.97 Å². The van der Waals surface area contributed by atoms with Gasteiger partial charge in [0.1, 0.15) is 36.3 Å². The van der Waals surface area contributed by atoms with E-state index in [0.717, 1.165) is 0 Å². The van der Waals surface area contributed by atoms with Gasteiger partial charge < -0.3 is 20.1 Å². The molecule has 0 unspecified atom stereocenters. The highest BCUT2D eigenvalue weighted by Gasteiger charge is 2.44. The van der Waals surface area contributed by atoms with Gasteiger partial charge in [0.15, 0.2) is 11.3 Å². The third-order valence-electron chi connectivity index (χ3n) is 3.30. The average molecular weight is 320 g/mol. The maximum Gasteiger partial charge on any atom is 0.181 e. The van der Waals surface area contributed by atoms with Crippen LogP contribution >= 0.6 is 12.4 Å². The van der Waals surface area contributed by atoms with Gasteiger partial charge in [-0.15, -0.1) is 12.4 Å². The Labute approximate surface area is 124 Å². The number of aromatic nitrogens is 4. The minimum absolute atomic E-state index is 0. The van der Waals surface area contributed by atoms with E-state index in [0.29, 0.717) is 11.2 Å². The molecule has 6 N–H and O–H groups in total. The third-order valence-corrected chi connectivity index (χ3v) is 3.30. The Morgan fingerprint density at radius 2 is 2.00 bits per heavy atom. The molecule has 21 heavy (non-hydrogen) atoms. The van der Waals surface area contributed by atoms with Crippen LogP contribution < -0.4 is 5.48 Å². The number of nitrogens with zero attached hydrogens (tertiary/aromatic N) is 3. The number of H-pyrrole nitrogens is 1. The lowest BCUT2D eigenvalue weighted by atomic mass is 10.1. The lowest BCUT2D eigenvalue weighted by Crippen LogP contribution is -2.32. The summed E-state index contributed by atoms with van der Waals surface area (Å²) in [7, 11) is 0. The van der Waals surface area contributed by atoms with E-state index >= 15 is 0 Å². The lowest BCUT2D eigenvalue weighted by molar-refractivity contribution is -0.0236. The van der Waals surface area contributed by atoms with Crippen molar-refractivity contribution in [1.29, 1.82) is 0 Å². The van der Waals surface area contributed by atoms with E-state index in [1.54, 1.807) is 0 Å². The molecule has 0 saturated carbocycles. The van der Waals surface area contributed by atoms with Crippen LogP contribution in [0, 0.1) is 0 Å². The van der Waals surface area contributed by atoms with Crippen molar-refractivity contribution < 1.29 is 25.3 Å². The number of aliphatic hydroxyl groups excluding tert-OH is 3. The molecule has 0 amide bonds. The van der Waals surface area contributed by atoms with Gasteiger partial charge in [0.25, 0.3) is 0 Å². The summed E-state index contributed by atoms with van der Waals surface area (Å²) in [6.07, 6.45) is -3.02. The number of aliphatic hydroxyl groups is 3. The first kappa shape index (κ1) is 15.8. The molecule has 0 aliphatic carbocycles. The standard InChI is InChI=1S/C10H13N5O5.ClH/c16-1-3-7(17)8(18)9(20-3)5-4-6(14-13-5)10(15-19)12-2-11-4;/h2-3,7-9,16-19H,1H2,(H,13,14)(H,11,12,15);1H/t3-,7-,8-,9+;/m1./s1. The zero-order valence-electron chi connectivity index (χ0n) is 10.5. The van der Waals surface area contributed by atoms with Crippen molar-refractivity contribution in [3.05, 3.63) is 12.0 Å². The van der Waals surface area contributed by atoms with Gasteiger partial charge in [-0.05, 0) is 0 Å². The zero-order chi connectivity index (χ0) is 14.3. The van der Waals surface area contributed by atoms with Crippen molar-refractivity contribution in [3.63, 3.8) is 0 Å². The fraction of sp³-hybridized carbons (Fsp3) is 0.500. The number of hydrogen-bond donors (Lipinski definition) is 6. The summed E-state index contributed by atoms with van der Waals surface area (Å²) in [5.41, 5.74) is 2.83. The summed E-state index contributed by atoms with van der Waals surface area (Å²) in [4.78, 5) is 7.80. The van der Waals surface area contributed by atoms with Crippen LogP contribution in [0.1, 0.15) is 11.8 Å². The molecule has 0 bridgehead atoms. The number of fused-ring (bicyclic) bond motifs is 1. The molecule has 4 atom stereocenters. The number of anilines is 1. The Morgan fingerprint density at radius 1 is 1.24 bits per heavy atom. The van der Waals surface area contributed by atoms with E-state index in [2.05, 4.69) is 20.2 Å². The predicted octanol–water partition coefficient (Wildman–Crippen LogP) is -1.27. The summed E-state index contributed by atoms with van der Waals surface area (Å²) in [5.74, 6) is 0.101. The Kier molecular flexibility index (Phi) is 4.56. The van der Waals surface area contributed by atoms with Crippen molar-refractivity contribution in [3.8, 4) is 0 Å². The normalized spacial score (nSPS) is 28.6. The Balaban J connectivity index is 0.00000161. The van der Waals surface area contributed by atoms with Crippen LogP contribution in [0.5, 0.6) is 0 Å². The average Bonchev–Trinajstić information content (AvgIpc) is 3.01. The fourth-order valence-electron chi connectivity index (χ4n) is 2.27. The molecule has 0 aromatic carbocycles. The Morgan fingerprint density at radius 3 is 2.62 bits per heavy atom. The van der Waals surface area contributed by atoms with E-state index in [-0.39, 0.29) is 23.7 Å². The summed E-state index contributed by atoms with van der Waals surface area (Å²) < 4.78 is 5.40. The lowest BCUT2D eigenvalue weighted by Gasteiger charge is -2.12. The number of halogens is 1. The first-order chi connectivity index (χ1) is 9.67. The van der Waals surface area contributed by atoms with Crippen LogP contribution in [-0.4, -0.2) is 65.6 Å². The maximum absolute atomic E-state index is 9.97. The fourth-order valence-corrected chi connectivity index (χ4v) is 2.27. The number of hydrogen-bond acceptors (Lipinski definition) is 9. The summed E-state index contributed by atoms with van der Waals surface area (Å²) in [6.45, 7) is -0.417. The number of rotatable bonds is 3. The first-order valence-corrected chi connectivity index (χ1v) is 5.89. The Bertz CT molecular complexity index is 625. The molecule has 2 aromatic heterocycles. The van der Waals surface area contributed by atoms with Crippen LogP contribution in [0.3, 0.4) is 0 Å². The van der Waals surface area contributed by atoms with Crippen molar-refractivity contribution in [1.82, 2.24) is 20.2 Å². The summed E-state index contributed by atoms with van der Waals surface area (Å²) in [6, 6.07) is 0. The summed E-state index contributed by atoms with van der Waals surface area (Å²) in [5, 5.41) is 44.3. The van der Waals surface area contributed by atoms with E-state index in [1.807, 2.05) is 5.48 Å². The van der Waals surface area contributed by atoms with Crippen molar-refractivity contribution >= 4 is 29.3 Å². The molecule has 1 saturated heterocycles. The highest BCUT2D eigenvalue weighted by atomic mass is 35.5. The van der Waals surface area contributed by atoms with Crippen LogP contribution in [0.2, 0.25) is 0 Å². The molecule has 0 radical (unpaired) electrons. The number of ether oxygens (including phenoxy) is 1. The van der Waals surface area contributed by atoms with Crippen molar-refractivity contribution in [2.45, 2.75) is 24.4 Å². The third kappa shape index (κ3) is 2.41. The number of nitrogens with one attached hydrogen (secondary N) is 2. The van der Waals surface area contributed by atoms with Crippen LogP contribution in [0.15, 0.2) is 6.33 Å². The largest absolute Gasteiger partial charge is 0.394 e. The predicted molar refractivity (Wildman–Crippen MR) is 71.1 cm³/mol. The van der Waals surface area contributed by atoms with Crippen LogP contribution in [0.25, 0.3) is 11.0 Å². The van der Waals surface area contributed by atoms with E-state index in [9.17, 15) is 10.2 Å². The quantitative estimate of drug-likeness (QED) is 0.379. The van der Waals surface area contributed by atoms with Gasteiger partial charge in [-0.3, -0.25) is 15.8 Å². The molecular weight excluding hydrogens is 306 g/mol. The Hall–Kier alpha value is -1.56. The second-order valence-corrected chi connectivity index (χ2v) is 4.43. The van der Waals surface area contributed by atoms with Gasteiger partial charge in [0, 0.05) is 0 Å². The van der Waals surface area contributed by atoms with Gasteiger partial charge in [-0.2, -0.15) is 5.10 Å². The minimum Gasteiger partial charge on any atom is -0.394 e. The molecule has 116 valence electrons. The molecule has 1 aliphatic heterocycles. The molecule has 3 rings (SSSR count). The molecule has 0 spiro atoms. The second-order valence-electron chi connectivity index (χ2n) is 4.43. The van der Waals surface area contributed by atoms with E-state index < -0.39 is 31.0 Å².